The Morgan fingerprint density at radius 2 is 1.73 bits per heavy atom. The van der Waals surface area contributed by atoms with E-state index >= 15 is 0 Å². The first-order valence-corrected chi connectivity index (χ1v) is 12.8. The van der Waals surface area contributed by atoms with E-state index in [1.54, 1.807) is 0 Å². The van der Waals surface area contributed by atoms with Crippen molar-refractivity contribution in [2.24, 2.45) is 0 Å². The van der Waals surface area contributed by atoms with Crippen LogP contribution in [0.4, 0.5) is 19.0 Å². The number of fused-ring (bicyclic) bond motifs is 1. The van der Waals surface area contributed by atoms with Crippen LogP contribution in [0, 0.1) is 0 Å². The molecule has 2 aromatic heterocycles. The minimum absolute atomic E-state index is 0.133. The van der Waals surface area contributed by atoms with E-state index in [1.807, 2.05) is 18.2 Å². The van der Waals surface area contributed by atoms with Crippen LogP contribution in [0.2, 0.25) is 0 Å². The van der Waals surface area contributed by atoms with Gasteiger partial charge in [0.25, 0.3) is 0 Å². The summed E-state index contributed by atoms with van der Waals surface area (Å²) in [6.45, 7) is 0. The van der Waals surface area contributed by atoms with Crippen molar-refractivity contribution >= 4 is 28.7 Å². The van der Waals surface area contributed by atoms with Crippen LogP contribution in [-0.4, -0.2) is 53.4 Å². The summed E-state index contributed by atoms with van der Waals surface area (Å²) in [5.74, 6) is 0.793. The summed E-state index contributed by atoms with van der Waals surface area (Å²) in [4.78, 5) is 9.79. The van der Waals surface area contributed by atoms with E-state index in [1.165, 1.54) is 22.4 Å². The number of anilines is 1. The highest BCUT2D eigenvalue weighted by atomic mass is 32.2. The molecule has 2 aliphatic rings. The molecule has 0 saturated heterocycles. The van der Waals surface area contributed by atoms with E-state index in [4.69, 9.17) is 0 Å². The molecule has 2 aliphatic carbocycles. The third-order valence-electron chi connectivity index (χ3n) is 6.90. The first-order chi connectivity index (χ1) is 17.8. The Bertz CT molecular complexity index is 1420. The maximum absolute atomic E-state index is 13.0. The maximum atomic E-state index is 13.0. The number of benzene rings is 2. The van der Waals surface area contributed by atoms with Crippen molar-refractivity contribution in [1.29, 1.82) is 0 Å². The molecule has 6 rings (SSSR count). The Morgan fingerprint density at radius 1 is 0.973 bits per heavy atom. The number of halogens is 3. The maximum Gasteiger partial charge on any atom is 0.416 e. The lowest BCUT2D eigenvalue weighted by Gasteiger charge is -2.17. The largest absolute Gasteiger partial charge is 0.416 e. The second-order valence-corrected chi connectivity index (χ2v) is 10.4. The number of nitrogens with one attached hydrogen (secondary N) is 1. The Labute approximate surface area is 213 Å². The molecule has 4 aromatic rings. The van der Waals surface area contributed by atoms with Crippen molar-refractivity contribution in [3.05, 3.63) is 65.7 Å². The summed E-state index contributed by atoms with van der Waals surface area (Å²) >= 11 is 1.13. The number of hydrogen-bond acceptors (Lipinski definition) is 8. The van der Waals surface area contributed by atoms with E-state index < -0.39 is 30.0 Å². The molecule has 0 spiro atoms. The van der Waals surface area contributed by atoms with Crippen LogP contribution >= 0.6 is 11.8 Å². The zero-order valence-corrected chi connectivity index (χ0v) is 20.2. The molecule has 0 aliphatic heterocycles. The van der Waals surface area contributed by atoms with Gasteiger partial charge in [-0.25, -0.2) is 14.6 Å². The number of aliphatic hydroxyl groups excluding tert-OH is 2. The molecule has 37 heavy (non-hydrogen) atoms. The molecule has 0 radical (unpaired) electrons. The SMILES string of the molecule is O[C@H]1[C@@H](O)CC[C@@H]1n1nnc2c(N[C@@H]3C[C@@H]3c3ccccc3)nc(Sc3ccc(C(F)(F)F)cc3)nc21. The van der Waals surface area contributed by atoms with Gasteiger partial charge in [-0.1, -0.05) is 35.5 Å². The molecular formula is C25H23F3N6O2S. The summed E-state index contributed by atoms with van der Waals surface area (Å²) in [6, 6.07) is 14.6. The second kappa shape index (κ2) is 9.26. The summed E-state index contributed by atoms with van der Waals surface area (Å²) in [7, 11) is 0. The Balaban J connectivity index is 1.34. The van der Waals surface area contributed by atoms with E-state index in [2.05, 4.69) is 37.7 Å². The van der Waals surface area contributed by atoms with Crippen LogP contribution in [-0.2, 0) is 6.18 Å². The molecule has 5 atom stereocenters. The van der Waals surface area contributed by atoms with Crippen molar-refractivity contribution in [1.82, 2.24) is 25.0 Å². The fraction of sp³-hybridized carbons (Fsp3) is 0.360. The van der Waals surface area contributed by atoms with Crippen LogP contribution in [0.3, 0.4) is 0 Å². The van der Waals surface area contributed by atoms with Gasteiger partial charge in [-0.05, 0) is 60.9 Å². The molecule has 2 saturated carbocycles. The van der Waals surface area contributed by atoms with Gasteiger partial charge in [0.05, 0.1) is 17.7 Å². The summed E-state index contributed by atoms with van der Waals surface area (Å²) in [5, 5.41) is 32.8. The van der Waals surface area contributed by atoms with Gasteiger partial charge >= 0.3 is 6.18 Å². The molecule has 8 nitrogen and oxygen atoms in total. The lowest BCUT2D eigenvalue weighted by molar-refractivity contribution is -0.137. The predicted octanol–water partition coefficient (Wildman–Crippen LogP) is 4.42. The van der Waals surface area contributed by atoms with Crippen LogP contribution in [0.5, 0.6) is 0 Å². The molecule has 0 bridgehead atoms. The Kier molecular flexibility index (Phi) is 6.04. The number of alkyl halides is 3. The van der Waals surface area contributed by atoms with E-state index in [-0.39, 0.29) is 6.04 Å². The number of nitrogens with zero attached hydrogens (tertiary/aromatic N) is 5. The minimum Gasteiger partial charge on any atom is -0.390 e. The number of aromatic nitrogens is 5. The van der Waals surface area contributed by atoms with Gasteiger partial charge in [0.2, 0.25) is 0 Å². The van der Waals surface area contributed by atoms with Crippen LogP contribution in [0.1, 0.15) is 42.3 Å². The smallest absolute Gasteiger partial charge is 0.390 e. The molecule has 3 N–H and O–H groups in total. The standard InChI is InChI=1S/C25H23F3N6O2S/c26-25(27,28)14-6-8-15(9-7-14)37-24-30-22(29-17-12-16(17)13-4-2-1-3-5-13)20-23(31-24)34(33-32-20)18-10-11-19(35)21(18)36/h1-9,16-19,21,35-36H,10-12H2,(H,29,30,31)/t16-,17-,18+,19+,21-/m1/s1. The molecule has 0 unspecified atom stereocenters. The topological polar surface area (TPSA) is 109 Å². The fourth-order valence-corrected chi connectivity index (χ4v) is 5.55. The van der Waals surface area contributed by atoms with Crippen molar-refractivity contribution in [2.45, 2.75) is 65.7 Å². The van der Waals surface area contributed by atoms with Crippen molar-refractivity contribution in [3.63, 3.8) is 0 Å². The number of aliphatic hydroxyl groups is 2. The van der Waals surface area contributed by atoms with Gasteiger partial charge in [0.1, 0.15) is 6.10 Å². The lowest BCUT2D eigenvalue weighted by Crippen LogP contribution is -2.28. The molecule has 0 amide bonds. The van der Waals surface area contributed by atoms with Crippen LogP contribution in [0.25, 0.3) is 11.2 Å². The van der Waals surface area contributed by atoms with Crippen molar-refractivity contribution in [3.8, 4) is 0 Å². The summed E-state index contributed by atoms with van der Waals surface area (Å²) in [6.07, 6.45) is -4.43. The lowest BCUT2D eigenvalue weighted by atomic mass is 10.1. The van der Waals surface area contributed by atoms with Crippen molar-refractivity contribution in [2.75, 3.05) is 5.32 Å². The highest BCUT2D eigenvalue weighted by Crippen LogP contribution is 2.44. The number of hydrogen-bond donors (Lipinski definition) is 3. The fourth-order valence-electron chi connectivity index (χ4n) is 4.80. The molecule has 2 fully saturated rings. The average Bonchev–Trinajstić information content (AvgIpc) is 3.40. The second-order valence-electron chi connectivity index (χ2n) is 9.39. The van der Waals surface area contributed by atoms with Gasteiger partial charge in [-0.3, -0.25) is 0 Å². The molecule has 192 valence electrons. The monoisotopic (exact) mass is 528 g/mol. The quantitative estimate of drug-likeness (QED) is 0.316. The Hall–Kier alpha value is -3.22. The van der Waals surface area contributed by atoms with Gasteiger partial charge in [0, 0.05) is 16.9 Å². The van der Waals surface area contributed by atoms with Crippen molar-refractivity contribution < 1.29 is 23.4 Å². The third kappa shape index (κ3) is 4.76. The van der Waals surface area contributed by atoms with Crippen LogP contribution < -0.4 is 5.32 Å². The summed E-state index contributed by atoms with van der Waals surface area (Å²) in [5.41, 5.74) is 1.31. The molecule has 2 aromatic carbocycles. The van der Waals surface area contributed by atoms with E-state index in [0.29, 0.717) is 45.8 Å². The molecule has 2 heterocycles. The predicted molar refractivity (Wildman–Crippen MR) is 130 cm³/mol. The highest BCUT2D eigenvalue weighted by molar-refractivity contribution is 7.99. The first-order valence-electron chi connectivity index (χ1n) is 11.9. The van der Waals surface area contributed by atoms with Gasteiger partial charge in [-0.15, -0.1) is 5.10 Å². The highest BCUT2D eigenvalue weighted by Gasteiger charge is 2.40. The molecule has 12 heteroatoms. The Morgan fingerprint density at radius 3 is 2.41 bits per heavy atom. The van der Waals surface area contributed by atoms with Gasteiger partial charge < -0.3 is 15.5 Å². The molecular weight excluding hydrogens is 505 g/mol. The zero-order valence-electron chi connectivity index (χ0n) is 19.4. The van der Waals surface area contributed by atoms with Crippen LogP contribution in [0.15, 0.2) is 64.6 Å². The zero-order chi connectivity index (χ0) is 25.7. The van der Waals surface area contributed by atoms with Gasteiger partial charge in [0.15, 0.2) is 22.1 Å². The average molecular weight is 529 g/mol. The number of rotatable bonds is 6. The van der Waals surface area contributed by atoms with E-state index in [9.17, 15) is 23.4 Å². The normalized spacial score (nSPS) is 25.5. The first kappa shape index (κ1) is 24.1. The summed E-state index contributed by atoms with van der Waals surface area (Å²) < 4.78 is 40.4. The van der Waals surface area contributed by atoms with Gasteiger partial charge in [-0.2, -0.15) is 13.2 Å². The minimum atomic E-state index is -4.42. The third-order valence-corrected chi connectivity index (χ3v) is 7.77. The van der Waals surface area contributed by atoms with E-state index in [0.717, 1.165) is 30.3 Å².